The molecular weight excluding hydrogens is 166 g/mol. The van der Waals surface area contributed by atoms with Crippen LogP contribution in [0.3, 0.4) is 0 Å². The fourth-order valence-corrected chi connectivity index (χ4v) is 1.63. The molecule has 1 atom stereocenters. The van der Waals surface area contributed by atoms with Crippen molar-refractivity contribution in [1.82, 2.24) is 0 Å². The Morgan fingerprint density at radius 2 is 2.00 bits per heavy atom. The third-order valence-corrected chi connectivity index (χ3v) is 3.14. The summed E-state index contributed by atoms with van der Waals surface area (Å²) in [5.74, 6) is 0. The highest BCUT2D eigenvalue weighted by atomic mass is 35.5. The van der Waals surface area contributed by atoms with Crippen molar-refractivity contribution in [2.24, 2.45) is 0 Å². The van der Waals surface area contributed by atoms with E-state index in [1.54, 1.807) is 0 Å². The Morgan fingerprint density at radius 1 is 1.38 bits per heavy atom. The van der Waals surface area contributed by atoms with Crippen molar-refractivity contribution in [2.75, 3.05) is 0 Å². The minimum absolute atomic E-state index is 0.0363. The fourth-order valence-electron chi connectivity index (χ4n) is 0.885. The van der Waals surface area contributed by atoms with E-state index in [2.05, 4.69) is 0 Å². The lowest BCUT2D eigenvalue weighted by Gasteiger charge is -2.14. The zero-order valence-electron chi connectivity index (χ0n) is 4.33. The zero-order valence-corrected chi connectivity index (χ0v) is 6.60. The number of hydrogen-bond donors (Lipinski definition) is 0. The van der Waals surface area contributed by atoms with Crippen LogP contribution in [-0.2, 0) is 0 Å². The molecule has 0 N–H and O–H groups in total. The van der Waals surface area contributed by atoms with Gasteiger partial charge in [0.25, 0.3) is 0 Å². The first-order valence-corrected chi connectivity index (χ1v) is 3.84. The fraction of sp³-hybridized carbons (Fsp3) is 1.00. The highest BCUT2D eigenvalue weighted by molar-refractivity contribution is 6.52. The summed E-state index contributed by atoms with van der Waals surface area (Å²) in [6.07, 6.45) is 2.85. The predicted molar refractivity (Wildman–Crippen MR) is 37.9 cm³/mol. The monoisotopic (exact) mass is 172 g/mol. The van der Waals surface area contributed by atoms with Crippen LogP contribution in [-0.4, -0.2) is 9.71 Å². The van der Waals surface area contributed by atoms with E-state index >= 15 is 0 Å². The summed E-state index contributed by atoms with van der Waals surface area (Å²) in [6, 6.07) is 0. The van der Waals surface area contributed by atoms with E-state index < -0.39 is 4.33 Å². The first-order chi connectivity index (χ1) is 3.63. The van der Waals surface area contributed by atoms with Crippen molar-refractivity contribution >= 4 is 34.8 Å². The van der Waals surface area contributed by atoms with Gasteiger partial charge in [0.1, 0.15) is 4.33 Å². The summed E-state index contributed by atoms with van der Waals surface area (Å²) >= 11 is 17.2. The Kier molecular flexibility index (Phi) is 1.96. The molecule has 0 heterocycles. The second kappa shape index (κ2) is 2.24. The van der Waals surface area contributed by atoms with Crippen molar-refractivity contribution in [1.29, 1.82) is 0 Å². The Balaban J connectivity index is 2.54. The Hall–Kier alpha value is 0.870. The van der Waals surface area contributed by atoms with Crippen molar-refractivity contribution in [2.45, 2.75) is 29.0 Å². The van der Waals surface area contributed by atoms with Crippen LogP contribution in [0.2, 0.25) is 0 Å². The standard InChI is InChI=1S/C5H7Cl3/c6-4-2-1-3-5(4,7)8/h4H,1-3H2. The van der Waals surface area contributed by atoms with Crippen LogP contribution in [0.15, 0.2) is 0 Å². The van der Waals surface area contributed by atoms with Crippen LogP contribution in [0.5, 0.6) is 0 Å². The van der Waals surface area contributed by atoms with Crippen LogP contribution in [0.1, 0.15) is 19.3 Å². The molecule has 1 aliphatic carbocycles. The van der Waals surface area contributed by atoms with Crippen molar-refractivity contribution < 1.29 is 0 Å². The van der Waals surface area contributed by atoms with Gasteiger partial charge in [-0.1, -0.05) is 0 Å². The predicted octanol–water partition coefficient (Wildman–Crippen LogP) is 2.95. The SMILES string of the molecule is ClC1CCCC1(Cl)Cl. The largest absolute Gasteiger partial charge is 0.134 e. The normalized spacial score (nSPS) is 35.6. The lowest BCUT2D eigenvalue weighted by Crippen LogP contribution is -2.18. The molecule has 1 rings (SSSR count). The molecule has 1 fully saturated rings. The quantitative estimate of drug-likeness (QED) is 0.494. The van der Waals surface area contributed by atoms with E-state index in [1.807, 2.05) is 0 Å². The van der Waals surface area contributed by atoms with Crippen molar-refractivity contribution in [3.05, 3.63) is 0 Å². The number of hydrogen-bond acceptors (Lipinski definition) is 0. The van der Waals surface area contributed by atoms with Gasteiger partial charge in [-0.3, -0.25) is 0 Å². The zero-order chi connectivity index (χ0) is 6.20. The maximum atomic E-state index is 5.75. The summed E-state index contributed by atoms with van der Waals surface area (Å²) in [5.41, 5.74) is 0. The molecule has 0 saturated heterocycles. The minimum atomic E-state index is -0.637. The van der Waals surface area contributed by atoms with Gasteiger partial charge in [0, 0.05) is 0 Å². The van der Waals surface area contributed by atoms with E-state index in [9.17, 15) is 0 Å². The van der Waals surface area contributed by atoms with E-state index in [1.165, 1.54) is 0 Å². The maximum Gasteiger partial charge on any atom is 0.134 e. The molecule has 0 amide bonds. The first-order valence-electron chi connectivity index (χ1n) is 2.65. The van der Waals surface area contributed by atoms with E-state index in [0.717, 1.165) is 19.3 Å². The third-order valence-electron chi connectivity index (χ3n) is 1.43. The second-order valence-corrected chi connectivity index (χ2v) is 4.19. The van der Waals surface area contributed by atoms with Gasteiger partial charge in [-0.15, -0.1) is 34.8 Å². The van der Waals surface area contributed by atoms with Gasteiger partial charge < -0.3 is 0 Å². The molecule has 0 aliphatic heterocycles. The molecule has 8 heavy (non-hydrogen) atoms. The van der Waals surface area contributed by atoms with Gasteiger partial charge >= 0.3 is 0 Å². The van der Waals surface area contributed by atoms with E-state index in [4.69, 9.17) is 34.8 Å². The molecule has 0 aromatic rings. The van der Waals surface area contributed by atoms with Crippen LogP contribution >= 0.6 is 34.8 Å². The van der Waals surface area contributed by atoms with Crippen LogP contribution in [0, 0.1) is 0 Å². The van der Waals surface area contributed by atoms with Crippen LogP contribution in [0.4, 0.5) is 0 Å². The summed E-state index contributed by atoms with van der Waals surface area (Å²) in [4.78, 5) is 0. The van der Waals surface area contributed by atoms with Gasteiger partial charge in [0.2, 0.25) is 0 Å². The van der Waals surface area contributed by atoms with Crippen LogP contribution < -0.4 is 0 Å². The molecule has 0 aromatic carbocycles. The van der Waals surface area contributed by atoms with E-state index in [0.29, 0.717) is 0 Å². The lowest BCUT2D eigenvalue weighted by molar-refractivity contribution is 0.822. The Morgan fingerprint density at radius 3 is 2.12 bits per heavy atom. The van der Waals surface area contributed by atoms with Gasteiger partial charge in [0.05, 0.1) is 5.38 Å². The Labute approximate surface area is 64.1 Å². The van der Waals surface area contributed by atoms with Crippen LogP contribution in [0.25, 0.3) is 0 Å². The number of alkyl halides is 3. The molecule has 0 aromatic heterocycles. The lowest BCUT2D eigenvalue weighted by atomic mass is 10.3. The smallest absolute Gasteiger partial charge is 0.120 e. The van der Waals surface area contributed by atoms with Gasteiger partial charge in [-0.25, -0.2) is 0 Å². The average molecular weight is 173 g/mol. The van der Waals surface area contributed by atoms with Gasteiger partial charge in [-0.05, 0) is 19.3 Å². The number of rotatable bonds is 0. The average Bonchev–Trinajstić information content (AvgIpc) is 1.86. The second-order valence-electron chi connectivity index (χ2n) is 2.12. The summed E-state index contributed by atoms with van der Waals surface area (Å²) in [7, 11) is 0. The molecule has 0 spiro atoms. The minimum Gasteiger partial charge on any atom is -0.120 e. The summed E-state index contributed by atoms with van der Waals surface area (Å²) in [6.45, 7) is 0. The van der Waals surface area contributed by atoms with Crippen molar-refractivity contribution in [3.63, 3.8) is 0 Å². The topological polar surface area (TPSA) is 0 Å². The van der Waals surface area contributed by atoms with Gasteiger partial charge in [0.15, 0.2) is 0 Å². The molecule has 1 aliphatic rings. The summed E-state index contributed by atoms with van der Waals surface area (Å²) < 4.78 is -0.637. The molecular formula is C5H7Cl3. The van der Waals surface area contributed by atoms with Gasteiger partial charge in [-0.2, -0.15) is 0 Å². The molecule has 0 bridgehead atoms. The molecule has 0 radical (unpaired) electrons. The summed E-state index contributed by atoms with van der Waals surface area (Å²) in [5, 5.41) is -0.0363. The molecule has 0 nitrogen and oxygen atoms in total. The highest BCUT2D eigenvalue weighted by Crippen LogP contribution is 2.42. The molecule has 1 unspecified atom stereocenters. The molecule has 1 saturated carbocycles. The molecule has 48 valence electrons. The molecule has 3 heteroatoms. The Bertz CT molecular complexity index is 89.7. The van der Waals surface area contributed by atoms with Crippen molar-refractivity contribution in [3.8, 4) is 0 Å². The first kappa shape index (κ1) is 6.98. The number of halogens is 3. The third kappa shape index (κ3) is 1.23. The highest BCUT2D eigenvalue weighted by Gasteiger charge is 2.37. The van der Waals surface area contributed by atoms with E-state index in [-0.39, 0.29) is 5.38 Å². The maximum absolute atomic E-state index is 5.75.